The summed E-state index contributed by atoms with van der Waals surface area (Å²) in [6.45, 7) is 5.06. The molecule has 0 aliphatic carbocycles. The number of rotatable bonds is 2. The third-order valence-corrected chi connectivity index (χ3v) is 3.97. The van der Waals surface area contributed by atoms with Gasteiger partial charge in [-0.3, -0.25) is 0 Å². The molecule has 1 aromatic carbocycles. The summed E-state index contributed by atoms with van der Waals surface area (Å²) in [5, 5.41) is 0. The van der Waals surface area contributed by atoms with Crippen molar-refractivity contribution in [1.29, 1.82) is 0 Å². The van der Waals surface area contributed by atoms with Crippen LogP contribution in [0, 0.1) is 12.7 Å². The van der Waals surface area contributed by atoms with E-state index in [0.29, 0.717) is 17.3 Å². The fraction of sp³-hybridized carbons (Fsp3) is 0.600. The Labute approximate surface area is 109 Å². The van der Waals surface area contributed by atoms with Crippen LogP contribution in [0.3, 0.4) is 0 Å². The fourth-order valence-corrected chi connectivity index (χ4v) is 2.85. The first-order valence-corrected chi connectivity index (χ1v) is 6.95. The SMILES string of the molecule is CCC1CCCCCN1c1cc(C)c(F)cc1N. The van der Waals surface area contributed by atoms with Crippen molar-refractivity contribution in [2.75, 3.05) is 17.2 Å². The Balaban J connectivity index is 2.35. The lowest BCUT2D eigenvalue weighted by Crippen LogP contribution is -2.35. The fourth-order valence-electron chi connectivity index (χ4n) is 2.85. The van der Waals surface area contributed by atoms with E-state index in [1.54, 1.807) is 6.92 Å². The Morgan fingerprint density at radius 3 is 2.83 bits per heavy atom. The molecule has 0 aromatic heterocycles. The minimum Gasteiger partial charge on any atom is -0.397 e. The Morgan fingerprint density at radius 1 is 1.33 bits per heavy atom. The summed E-state index contributed by atoms with van der Waals surface area (Å²) >= 11 is 0. The average Bonchev–Trinajstić information content (AvgIpc) is 2.58. The lowest BCUT2D eigenvalue weighted by Gasteiger charge is -2.32. The van der Waals surface area contributed by atoms with Gasteiger partial charge in [-0.15, -0.1) is 0 Å². The molecule has 1 aromatic rings. The lowest BCUT2D eigenvalue weighted by molar-refractivity contribution is 0.555. The molecule has 3 heteroatoms. The molecule has 0 spiro atoms. The third kappa shape index (κ3) is 2.60. The summed E-state index contributed by atoms with van der Waals surface area (Å²) in [6.07, 6.45) is 6.11. The van der Waals surface area contributed by atoms with Gasteiger partial charge in [-0.2, -0.15) is 0 Å². The quantitative estimate of drug-likeness (QED) is 0.807. The molecule has 1 aliphatic rings. The highest BCUT2D eigenvalue weighted by atomic mass is 19.1. The standard InChI is InChI=1S/C15H23FN2/c1-3-12-7-5-4-6-8-18(12)15-9-11(2)13(16)10-14(15)17/h9-10,12H,3-8,17H2,1-2H3. The van der Waals surface area contributed by atoms with Crippen LogP contribution in [-0.2, 0) is 0 Å². The van der Waals surface area contributed by atoms with Gasteiger partial charge in [-0.05, 0) is 43.9 Å². The summed E-state index contributed by atoms with van der Waals surface area (Å²) in [6, 6.07) is 3.90. The normalized spacial score (nSPS) is 20.8. The second-order valence-corrected chi connectivity index (χ2v) is 5.27. The van der Waals surface area contributed by atoms with E-state index < -0.39 is 0 Å². The number of benzene rings is 1. The van der Waals surface area contributed by atoms with Crippen molar-refractivity contribution in [1.82, 2.24) is 0 Å². The van der Waals surface area contributed by atoms with Gasteiger partial charge in [0.15, 0.2) is 0 Å². The van der Waals surface area contributed by atoms with E-state index in [0.717, 1.165) is 18.7 Å². The largest absolute Gasteiger partial charge is 0.397 e. The molecule has 1 fully saturated rings. The van der Waals surface area contributed by atoms with Crippen molar-refractivity contribution >= 4 is 11.4 Å². The molecule has 0 saturated carbocycles. The van der Waals surface area contributed by atoms with Crippen LogP contribution in [-0.4, -0.2) is 12.6 Å². The van der Waals surface area contributed by atoms with Crippen LogP contribution in [0.25, 0.3) is 0 Å². The van der Waals surface area contributed by atoms with Gasteiger partial charge in [-0.1, -0.05) is 19.8 Å². The molecule has 2 nitrogen and oxygen atoms in total. The molecule has 1 heterocycles. The zero-order valence-electron chi connectivity index (χ0n) is 11.4. The molecule has 0 amide bonds. The third-order valence-electron chi connectivity index (χ3n) is 3.97. The second kappa shape index (κ2) is 5.59. The number of nitrogens with zero attached hydrogens (tertiary/aromatic N) is 1. The number of hydrogen-bond acceptors (Lipinski definition) is 2. The van der Waals surface area contributed by atoms with Gasteiger partial charge in [0.1, 0.15) is 5.82 Å². The van der Waals surface area contributed by atoms with E-state index in [4.69, 9.17) is 5.73 Å². The predicted molar refractivity (Wildman–Crippen MR) is 75.4 cm³/mol. The molecule has 1 atom stereocenters. The first-order valence-electron chi connectivity index (χ1n) is 6.95. The zero-order valence-corrected chi connectivity index (χ0v) is 11.4. The molecule has 18 heavy (non-hydrogen) atoms. The molecule has 1 saturated heterocycles. The molecule has 2 rings (SSSR count). The van der Waals surface area contributed by atoms with Gasteiger partial charge < -0.3 is 10.6 Å². The van der Waals surface area contributed by atoms with E-state index in [1.807, 2.05) is 6.07 Å². The Morgan fingerprint density at radius 2 is 2.11 bits per heavy atom. The van der Waals surface area contributed by atoms with E-state index in [1.165, 1.54) is 31.7 Å². The number of hydrogen-bond donors (Lipinski definition) is 1. The van der Waals surface area contributed by atoms with Crippen LogP contribution in [0.1, 0.15) is 44.6 Å². The van der Waals surface area contributed by atoms with Crippen molar-refractivity contribution in [3.05, 3.63) is 23.5 Å². The molecule has 0 bridgehead atoms. The van der Waals surface area contributed by atoms with Crippen LogP contribution in [0.4, 0.5) is 15.8 Å². The molecule has 1 unspecified atom stereocenters. The van der Waals surface area contributed by atoms with Gasteiger partial charge in [0, 0.05) is 12.6 Å². The van der Waals surface area contributed by atoms with Crippen LogP contribution < -0.4 is 10.6 Å². The first kappa shape index (κ1) is 13.2. The minimum atomic E-state index is -0.209. The maximum absolute atomic E-state index is 13.5. The summed E-state index contributed by atoms with van der Waals surface area (Å²) in [4.78, 5) is 2.38. The first-order chi connectivity index (χ1) is 8.63. The number of nitrogen functional groups attached to an aromatic ring is 1. The van der Waals surface area contributed by atoms with Crippen molar-refractivity contribution in [3.8, 4) is 0 Å². The lowest BCUT2D eigenvalue weighted by atomic mass is 10.1. The minimum absolute atomic E-state index is 0.209. The average molecular weight is 250 g/mol. The second-order valence-electron chi connectivity index (χ2n) is 5.27. The van der Waals surface area contributed by atoms with E-state index in [-0.39, 0.29) is 5.82 Å². The van der Waals surface area contributed by atoms with Gasteiger partial charge in [-0.25, -0.2) is 4.39 Å². The zero-order chi connectivity index (χ0) is 13.1. The summed E-state index contributed by atoms with van der Waals surface area (Å²) < 4.78 is 13.5. The van der Waals surface area contributed by atoms with Gasteiger partial charge in [0.05, 0.1) is 11.4 Å². The number of anilines is 2. The Bertz CT molecular complexity index is 417. The molecular formula is C15H23FN2. The molecule has 0 radical (unpaired) electrons. The number of nitrogens with two attached hydrogens (primary N) is 1. The molecule has 2 N–H and O–H groups in total. The maximum Gasteiger partial charge on any atom is 0.128 e. The van der Waals surface area contributed by atoms with E-state index >= 15 is 0 Å². The monoisotopic (exact) mass is 250 g/mol. The molecular weight excluding hydrogens is 227 g/mol. The number of aryl methyl sites for hydroxylation is 1. The maximum atomic E-state index is 13.5. The van der Waals surface area contributed by atoms with Crippen molar-refractivity contribution in [2.45, 2.75) is 52.0 Å². The van der Waals surface area contributed by atoms with Crippen LogP contribution in [0.15, 0.2) is 12.1 Å². The van der Waals surface area contributed by atoms with Crippen LogP contribution >= 0.6 is 0 Å². The molecule has 1 aliphatic heterocycles. The van der Waals surface area contributed by atoms with Gasteiger partial charge in [0.25, 0.3) is 0 Å². The van der Waals surface area contributed by atoms with Gasteiger partial charge in [0.2, 0.25) is 0 Å². The summed E-state index contributed by atoms with van der Waals surface area (Å²) in [5.41, 5.74) is 8.27. The predicted octanol–water partition coefficient (Wildman–Crippen LogP) is 3.88. The van der Waals surface area contributed by atoms with Crippen molar-refractivity contribution in [2.24, 2.45) is 0 Å². The highest BCUT2D eigenvalue weighted by molar-refractivity contribution is 5.69. The van der Waals surface area contributed by atoms with Gasteiger partial charge >= 0.3 is 0 Å². The van der Waals surface area contributed by atoms with E-state index in [9.17, 15) is 4.39 Å². The summed E-state index contributed by atoms with van der Waals surface area (Å²) in [5.74, 6) is -0.209. The van der Waals surface area contributed by atoms with Crippen molar-refractivity contribution < 1.29 is 4.39 Å². The van der Waals surface area contributed by atoms with E-state index in [2.05, 4.69) is 11.8 Å². The Kier molecular flexibility index (Phi) is 4.10. The van der Waals surface area contributed by atoms with Crippen molar-refractivity contribution in [3.63, 3.8) is 0 Å². The number of halogens is 1. The smallest absolute Gasteiger partial charge is 0.128 e. The van der Waals surface area contributed by atoms with Crippen LogP contribution in [0.5, 0.6) is 0 Å². The van der Waals surface area contributed by atoms with Crippen LogP contribution in [0.2, 0.25) is 0 Å². The summed E-state index contributed by atoms with van der Waals surface area (Å²) in [7, 11) is 0. The highest BCUT2D eigenvalue weighted by Gasteiger charge is 2.22. The Hall–Kier alpha value is -1.25. The molecule has 100 valence electrons. The highest BCUT2D eigenvalue weighted by Crippen LogP contribution is 2.32. The topological polar surface area (TPSA) is 29.3 Å².